The maximum atomic E-state index is 11.9. The topological polar surface area (TPSA) is 41.1 Å². The van der Waals surface area contributed by atoms with E-state index in [1.165, 1.54) is 25.7 Å². The fraction of sp³-hybridized carbons (Fsp3) is 0.933. The molecule has 1 aliphatic carbocycles. The largest absolute Gasteiger partial charge is 0.355 e. The first-order valence-corrected chi connectivity index (χ1v) is 7.54. The minimum Gasteiger partial charge on any atom is -0.355 e. The fourth-order valence-electron chi connectivity index (χ4n) is 2.60. The van der Waals surface area contributed by atoms with E-state index < -0.39 is 0 Å². The van der Waals surface area contributed by atoms with Crippen molar-refractivity contribution >= 4 is 5.91 Å². The lowest BCUT2D eigenvalue weighted by molar-refractivity contribution is -0.123. The number of amides is 1. The standard InChI is InChI=1S/C15H30N2O/c1-11(2)9-10-16-15(18)13(4)17-14-8-6-5-7-12(14)3/h11-14,17H,5-10H2,1-4H3,(H,16,18). The molecule has 18 heavy (non-hydrogen) atoms. The number of carbonyl (C=O) groups excluding carboxylic acids is 1. The van der Waals surface area contributed by atoms with Crippen molar-refractivity contribution in [3.63, 3.8) is 0 Å². The Balaban J connectivity index is 2.25. The summed E-state index contributed by atoms with van der Waals surface area (Å²) in [6.45, 7) is 9.42. The van der Waals surface area contributed by atoms with Crippen LogP contribution in [0.15, 0.2) is 0 Å². The van der Waals surface area contributed by atoms with Gasteiger partial charge in [-0.2, -0.15) is 0 Å². The zero-order chi connectivity index (χ0) is 13.5. The number of carbonyl (C=O) groups is 1. The number of nitrogens with one attached hydrogen (secondary N) is 2. The Kier molecular flexibility index (Phi) is 6.69. The zero-order valence-electron chi connectivity index (χ0n) is 12.5. The van der Waals surface area contributed by atoms with Gasteiger partial charge in [0.25, 0.3) is 0 Å². The van der Waals surface area contributed by atoms with Crippen molar-refractivity contribution < 1.29 is 4.79 Å². The van der Waals surface area contributed by atoms with Gasteiger partial charge < -0.3 is 10.6 Å². The molecule has 0 aliphatic heterocycles. The van der Waals surface area contributed by atoms with E-state index in [0.29, 0.717) is 17.9 Å². The summed E-state index contributed by atoms with van der Waals surface area (Å²) in [5.41, 5.74) is 0. The van der Waals surface area contributed by atoms with Crippen LogP contribution in [0, 0.1) is 11.8 Å². The summed E-state index contributed by atoms with van der Waals surface area (Å²) in [6, 6.07) is 0.451. The molecule has 0 saturated heterocycles. The van der Waals surface area contributed by atoms with Gasteiger partial charge in [0.2, 0.25) is 5.91 Å². The highest BCUT2D eigenvalue weighted by Gasteiger charge is 2.24. The van der Waals surface area contributed by atoms with Crippen molar-refractivity contribution in [2.75, 3.05) is 6.54 Å². The van der Waals surface area contributed by atoms with Gasteiger partial charge in [-0.1, -0.05) is 33.6 Å². The summed E-state index contributed by atoms with van der Waals surface area (Å²) < 4.78 is 0. The van der Waals surface area contributed by atoms with Crippen LogP contribution in [-0.2, 0) is 4.79 Å². The predicted molar refractivity (Wildman–Crippen MR) is 76.5 cm³/mol. The molecule has 3 nitrogen and oxygen atoms in total. The molecule has 2 N–H and O–H groups in total. The molecule has 0 aromatic heterocycles. The van der Waals surface area contributed by atoms with Crippen LogP contribution >= 0.6 is 0 Å². The second-order valence-electron chi connectivity index (χ2n) is 6.23. The van der Waals surface area contributed by atoms with Gasteiger partial charge in [-0.05, 0) is 38.0 Å². The quantitative estimate of drug-likeness (QED) is 0.765. The molecule has 1 rings (SSSR count). The summed E-state index contributed by atoms with van der Waals surface area (Å²) >= 11 is 0. The molecule has 0 aromatic carbocycles. The van der Waals surface area contributed by atoms with Gasteiger partial charge in [-0.3, -0.25) is 4.79 Å². The minimum atomic E-state index is -0.0669. The van der Waals surface area contributed by atoms with Crippen LogP contribution in [0.5, 0.6) is 0 Å². The molecular formula is C15H30N2O. The van der Waals surface area contributed by atoms with Gasteiger partial charge >= 0.3 is 0 Å². The monoisotopic (exact) mass is 254 g/mol. The van der Waals surface area contributed by atoms with Crippen molar-refractivity contribution in [3.05, 3.63) is 0 Å². The van der Waals surface area contributed by atoms with Gasteiger partial charge in [0.15, 0.2) is 0 Å². The third-order valence-electron chi connectivity index (χ3n) is 3.99. The van der Waals surface area contributed by atoms with Crippen molar-refractivity contribution in [1.29, 1.82) is 0 Å². The highest BCUT2D eigenvalue weighted by molar-refractivity contribution is 5.81. The Labute approximate surface area is 112 Å². The maximum absolute atomic E-state index is 11.9. The molecule has 106 valence electrons. The smallest absolute Gasteiger partial charge is 0.236 e. The maximum Gasteiger partial charge on any atom is 0.236 e. The average Bonchev–Trinajstić information content (AvgIpc) is 2.31. The third-order valence-corrected chi connectivity index (χ3v) is 3.99. The summed E-state index contributed by atoms with van der Waals surface area (Å²) in [7, 11) is 0. The fourth-order valence-corrected chi connectivity index (χ4v) is 2.60. The molecule has 3 unspecified atom stereocenters. The van der Waals surface area contributed by atoms with Crippen molar-refractivity contribution in [3.8, 4) is 0 Å². The van der Waals surface area contributed by atoms with Crippen molar-refractivity contribution in [2.45, 2.75) is 71.9 Å². The molecule has 0 bridgehead atoms. The average molecular weight is 254 g/mol. The second-order valence-corrected chi connectivity index (χ2v) is 6.23. The summed E-state index contributed by atoms with van der Waals surface area (Å²) in [5.74, 6) is 1.49. The Morgan fingerprint density at radius 3 is 2.50 bits per heavy atom. The van der Waals surface area contributed by atoms with E-state index in [2.05, 4.69) is 31.4 Å². The number of hydrogen-bond donors (Lipinski definition) is 2. The Bertz CT molecular complexity index is 253. The molecule has 0 aromatic rings. The van der Waals surface area contributed by atoms with E-state index in [1.54, 1.807) is 0 Å². The van der Waals surface area contributed by atoms with E-state index in [9.17, 15) is 4.79 Å². The zero-order valence-corrected chi connectivity index (χ0v) is 12.5. The Morgan fingerprint density at radius 1 is 1.22 bits per heavy atom. The molecule has 1 aliphatic rings. The van der Waals surface area contributed by atoms with Gasteiger partial charge in [-0.15, -0.1) is 0 Å². The first-order valence-electron chi connectivity index (χ1n) is 7.54. The SMILES string of the molecule is CC(C)CCNC(=O)C(C)NC1CCCCC1C. The summed E-state index contributed by atoms with van der Waals surface area (Å²) in [4.78, 5) is 11.9. The molecule has 3 atom stereocenters. The van der Waals surface area contributed by atoms with Crippen LogP contribution in [-0.4, -0.2) is 24.5 Å². The van der Waals surface area contributed by atoms with Gasteiger partial charge in [0.05, 0.1) is 6.04 Å². The molecule has 0 radical (unpaired) electrons. The Morgan fingerprint density at radius 2 is 1.89 bits per heavy atom. The predicted octanol–water partition coefficient (Wildman–Crippen LogP) is 2.71. The van der Waals surface area contributed by atoms with Crippen LogP contribution in [0.3, 0.4) is 0 Å². The van der Waals surface area contributed by atoms with E-state index in [0.717, 1.165) is 13.0 Å². The third kappa shape index (κ3) is 5.38. The van der Waals surface area contributed by atoms with Crippen molar-refractivity contribution in [1.82, 2.24) is 10.6 Å². The summed E-state index contributed by atoms with van der Waals surface area (Å²) in [5, 5.41) is 6.51. The first-order chi connectivity index (χ1) is 8.50. The van der Waals surface area contributed by atoms with Gasteiger partial charge in [0.1, 0.15) is 0 Å². The van der Waals surface area contributed by atoms with E-state index in [1.807, 2.05) is 6.92 Å². The summed E-state index contributed by atoms with van der Waals surface area (Å²) in [6.07, 6.45) is 6.19. The lowest BCUT2D eigenvalue weighted by atomic mass is 9.85. The van der Waals surface area contributed by atoms with E-state index >= 15 is 0 Å². The second kappa shape index (κ2) is 7.78. The molecular weight excluding hydrogens is 224 g/mol. The van der Waals surface area contributed by atoms with Crippen LogP contribution in [0.2, 0.25) is 0 Å². The lowest BCUT2D eigenvalue weighted by Gasteiger charge is -2.31. The van der Waals surface area contributed by atoms with Crippen LogP contribution in [0.1, 0.15) is 59.8 Å². The molecule has 1 saturated carbocycles. The normalized spacial score (nSPS) is 26.1. The van der Waals surface area contributed by atoms with Crippen LogP contribution < -0.4 is 10.6 Å². The highest BCUT2D eigenvalue weighted by atomic mass is 16.2. The number of rotatable bonds is 6. The molecule has 1 amide bonds. The lowest BCUT2D eigenvalue weighted by Crippen LogP contribution is -2.49. The first kappa shape index (κ1) is 15.5. The molecule has 0 spiro atoms. The number of hydrogen-bond acceptors (Lipinski definition) is 2. The van der Waals surface area contributed by atoms with E-state index in [4.69, 9.17) is 0 Å². The molecule has 3 heteroatoms. The molecule has 0 heterocycles. The van der Waals surface area contributed by atoms with E-state index in [-0.39, 0.29) is 11.9 Å². The minimum absolute atomic E-state index is 0.0669. The van der Waals surface area contributed by atoms with Crippen molar-refractivity contribution in [2.24, 2.45) is 11.8 Å². The highest BCUT2D eigenvalue weighted by Crippen LogP contribution is 2.23. The molecule has 1 fully saturated rings. The van der Waals surface area contributed by atoms with Crippen LogP contribution in [0.4, 0.5) is 0 Å². The Hall–Kier alpha value is -0.570. The van der Waals surface area contributed by atoms with Crippen LogP contribution in [0.25, 0.3) is 0 Å². The van der Waals surface area contributed by atoms with Gasteiger partial charge in [0, 0.05) is 12.6 Å². The van der Waals surface area contributed by atoms with Gasteiger partial charge in [-0.25, -0.2) is 0 Å².